The summed E-state index contributed by atoms with van der Waals surface area (Å²) in [7, 11) is 0. The van der Waals surface area contributed by atoms with E-state index in [0.717, 1.165) is 12.1 Å². The molecule has 1 N–H and O–H groups in total. The molecule has 2 rings (SSSR count). The quantitative estimate of drug-likeness (QED) is 0.892. The summed E-state index contributed by atoms with van der Waals surface area (Å²) in [5, 5.41) is 3.99. The van der Waals surface area contributed by atoms with Gasteiger partial charge in [0.15, 0.2) is 0 Å². The van der Waals surface area contributed by atoms with Gasteiger partial charge in [-0.2, -0.15) is 11.8 Å². The standard InChI is InChI=1S/C12H15ClFNS/c13-12-7-10(14)2-1-9(12)8-15-11-3-5-16-6-4-11/h1-2,7,11,15H,3-6,8H2. The van der Waals surface area contributed by atoms with Gasteiger partial charge >= 0.3 is 0 Å². The first-order valence-electron chi connectivity index (χ1n) is 5.51. The molecule has 0 unspecified atom stereocenters. The van der Waals surface area contributed by atoms with Gasteiger partial charge in [-0.1, -0.05) is 17.7 Å². The highest BCUT2D eigenvalue weighted by Gasteiger charge is 2.13. The molecule has 0 atom stereocenters. The van der Waals surface area contributed by atoms with E-state index >= 15 is 0 Å². The van der Waals surface area contributed by atoms with Crippen LogP contribution in [0, 0.1) is 5.82 Å². The molecule has 0 saturated carbocycles. The Labute approximate surface area is 105 Å². The van der Waals surface area contributed by atoms with Crippen LogP contribution in [0.15, 0.2) is 18.2 Å². The number of thioether (sulfide) groups is 1. The van der Waals surface area contributed by atoms with Gasteiger partial charge in [-0.05, 0) is 42.0 Å². The summed E-state index contributed by atoms with van der Waals surface area (Å²) in [6, 6.07) is 5.17. The Bertz CT molecular complexity index is 353. The molecule has 1 fully saturated rings. The highest BCUT2D eigenvalue weighted by molar-refractivity contribution is 7.99. The van der Waals surface area contributed by atoms with E-state index in [1.807, 2.05) is 11.8 Å². The van der Waals surface area contributed by atoms with E-state index < -0.39 is 0 Å². The molecule has 1 saturated heterocycles. The summed E-state index contributed by atoms with van der Waals surface area (Å²) in [5.41, 5.74) is 0.973. The third-order valence-electron chi connectivity index (χ3n) is 2.82. The van der Waals surface area contributed by atoms with Crippen molar-refractivity contribution in [3.63, 3.8) is 0 Å². The Balaban J connectivity index is 1.88. The Kier molecular flexibility index (Phi) is 4.50. The van der Waals surface area contributed by atoms with Crippen molar-refractivity contribution in [2.45, 2.75) is 25.4 Å². The van der Waals surface area contributed by atoms with Crippen LogP contribution in [-0.2, 0) is 6.54 Å². The molecule has 88 valence electrons. The van der Waals surface area contributed by atoms with Crippen LogP contribution in [0.25, 0.3) is 0 Å². The topological polar surface area (TPSA) is 12.0 Å². The number of nitrogens with one attached hydrogen (secondary N) is 1. The van der Waals surface area contributed by atoms with Crippen LogP contribution in [0.1, 0.15) is 18.4 Å². The van der Waals surface area contributed by atoms with E-state index in [1.54, 1.807) is 6.07 Å². The van der Waals surface area contributed by atoms with E-state index in [1.165, 1.54) is 36.5 Å². The van der Waals surface area contributed by atoms with Gasteiger partial charge in [0.05, 0.1) is 0 Å². The normalized spacial score (nSPS) is 17.6. The number of rotatable bonds is 3. The van der Waals surface area contributed by atoms with Gasteiger partial charge < -0.3 is 5.32 Å². The minimum absolute atomic E-state index is 0.275. The predicted octanol–water partition coefficient (Wildman–Crippen LogP) is 3.46. The lowest BCUT2D eigenvalue weighted by Crippen LogP contribution is -2.32. The highest BCUT2D eigenvalue weighted by atomic mass is 35.5. The molecule has 1 aromatic rings. The Hall–Kier alpha value is -0.250. The van der Waals surface area contributed by atoms with Gasteiger partial charge in [-0.3, -0.25) is 0 Å². The maximum atomic E-state index is 12.8. The number of benzene rings is 1. The first-order chi connectivity index (χ1) is 7.75. The molecule has 0 bridgehead atoms. The van der Waals surface area contributed by atoms with Crippen LogP contribution in [-0.4, -0.2) is 17.5 Å². The average Bonchev–Trinajstić information content (AvgIpc) is 2.29. The van der Waals surface area contributed by atoms with Gasteiger partial charge in [-0.15, -0.1) is 0 Å². The Morgan fingerprint density at radius 1 is 1.38 bits per heavy atom. The minimum Gasteiger partial charge on any atom is -0.310 e. The zero-order chi connectivity index (χ0) is 11.4. The molecule has 1 nitrogen and oxygen atoms in total. The lowest BCUT2D eigenvalue weighted by atomic mass is 10.1. The summed E-state index contributed by atoms with van der Waals surface area (Å²) < 4.78 is 12.8. The molecule has 1 aliphatic rings. The molecule has 0 amide bonds. The SMILES string of the molecule is Fc1ccc(CNC2CCSCC2)c(Cl)c1. The first kappa shape index (κ1) is 12.2. The summed E-state index contributed by atoms with van der Waals surface area (Å²) in [4.78, 5) is 0. The minimum atomic E-state index is -0.275. The van der Waals surface area contributed by atoms with Crippen LogP contribution in [0.2, 0.25) is 5.02 Å². The Morgan fingerprint density at radius 2 is 2.12 bits per heavy atom. The molecule has 0 spiro atoms. The largest absolute Gasteiger partial charge is 0.310 e. The van der Waals surface area contributed by atoms with Crippen molar-refractivity contribution in [2.24, 2.45) is 0 Å². The van der Waals surface area contributed by atoms with E-state index in [-0.39, 0.29) is 5.82 Å². The van der Waals surface area contributed by atoms with Crippen molar-refractivity contribution in [3.8, 4) is 0 Å². The fourth-order valence-electron chi connectivity index (χ4n) is 1.82. The molecule has 0 aliphatic carbocycles. The maximum Gasteiger partial charge on any atom is 0.124 e. The van der Waals surface area contributed by atoms with E-state index in [9.17, 15) is 4.39 Å². The van der Waals surface area contributed by atoms with E-state index in [0.29, 0.717) is 11.1 Å². The van der Waals surface area contributed by atoms with E-state index in [2.05, 4.69) is 5.32 Å². The molecular formula is C12H15ClFNS. The van der Waals surface area contributed by atoms with Crippen molar-refractivity contribution < 1.29 is 4.39 Å². The van der Waals surface area contributed by atoms with Crippen molar-refractivity contribution in [2.75, 3.05) is 11.5 Å². The fourth-order valence-corrected chi connectivity index (χ4v) is 3.16. The molecule has 1 aromatic carbocycles. The molecule has 1 heterocycles. The molecule has 16 heavy (non-hydrogen) atoms. The van der Waals surface area contributed by atoms with Crippen molar-refractivity contribution in [1.82, 2.24) is 5.32 Å². The van der Waals surface area contributed by atoms with Crippen LogP contribution in [0.3, 0.4) is 0 Å². The average molecular weight is 260 g/mol. The summed E-state index contributed by atoms with van der Waals surface area (Å²) in [6.07, 6.45) is 2.42. The van der Waals surface area contributed by atoms with Gasteiger partial charge in [0.1, 0.15) is 5.82 Å². The van der Waals surface area contributed by atoms with Gasteiger partial charge in [0.2, 0.25) is 0 Å². The first-order valence-corrected chi connectivity index (χ1v) is 7.04. The van der Waals surface area contributed by atoms with Crippen molar-refractivity contribution >= 4 is 23.4 Å². The van der Waals surface area contributed by atoms with Crippen molar-refractivity contribution in [1.29, 1.82) is 0 Å². The molecule has 0 aromatic heterocycles. The summed E-state index contributed by atoms with van der Waals surface area (Å²) >= 11 is 7.97. The number of hydrogen-bond acceptors (Lipinski definition) is 2. The zero-order valence-corrected chi connectivity index (χ0v) is 10.6. The molecule has 4 heteroatoms. The van der Waals surface area contributed by atoms with Crippen LogP contribution in [0.4, 0.5) is 4.39 Å². The van der Waals surface area contributed by atoms with Gasteiger partial charge in [-0.25, -0.2) is 4.39 Å². The summed E-state index contributed by atoms with van der Waals surface area (Å²) in [6.45, 7) is 0.731. The fraction of sp³-hybridized carbons (Fsp3) is 0.500. The smallest absolute Gasteiger partial charge is 0.124 e. The predicted molar refractivity (Wildman–Crippen MR) is 68.6 cm³/mol. The second-order valence-electron chi connectivity index (χ2n) is 4.00. The Morgan fingerprint density at radius 3 is 2.81 bits per heavy atom. The van der Waals surface area contributed by atoms with E-state index in [4.69, 9.17) is 11.6 Å². The van der Waals surface area contributed by atoms with Crippen LogP contribution >= 0.6 is 23.4 Å². The zero-order valence-electron chi connectivity index (χ0n) is 9.01. The number of hydrogen-bond donors (Lipinski definition) is 1. The molecule has 1 aliphatic heterocycles. The molecular weight excluding hydrogens is 245 g/mol. The maximum absolute atomic E-state index is 12.8. The molecule has 0 radical (unpaired) electrons. The van der Waals surface area contributed by atoms with Crippen LogP contribution in [0.5, 0.6) is 0 Å². The number of halogens is 2. The third kappa shape index (κ3) is 3.37. The lowest BCUT2D eigenvalue weighted by Gasteiger charge is -2.22. The second-order valence-corrected chi connectivity index (χ2v) is 5.64. The highest BCUT2D eigenvalue weighted by Crippen LogP contribution is 2.20. The van der Waals surface area contributed by atoms with Gasteiger partial charge in [0, 0.05) is 17.6 Å². The lowest BCUT2D eigenvalue weighted by molar-refractivity contribution is 0.482. The van der Waals surface area contributed by atoms with Crippen LogP contribution < -0.4 is 5.32 Å². The second kappa shape index (κ2) is 5.89. The monoisotopic (exact) mass is 259 g/mol. The van der Waals surface area contributed by atoms with Crippen molar-refractivity contribution in [3.05, 3.63) is 34.6 Å². The van der Waals surface area contributed by atoms with Gasteiger partial charge in [0.25, 0.3) is 0 Å². The summed E-state index contributed by atoms with van der Waals surface area (Å²) in [5.74, 6) is 2.19. The third-order valence-corrected chi connectivity index (χ3v) is 4.22.